The SMILES string of the molecule is O=S(=O)(NCCCCCBr)c1cccs1. The summed E-state index contributed by atoms with van der Waals surface area (Å²) in [6.07, 6.45) is 3.01. The Hall–Kier alpha value is 0.0900. The quantitative estimate of drug-likeness (QED) is 0.621. The number of hydrogen-bond donors (Lipinski definition) is 1. The number of unbranched alkanes of at least 4 members (excludes halogenated alkanes) is 2. The zero-order valence-electron chi connectivity index (χ0n) is 8.28. The minimum Gasteiger partial charge on any atom is -0.210 e. The third kappa shape index (κ3) is 4.63. The molecule has 0 spiro atoms. The lowest BCUT2D eigenvalue weighted by Gasteiger charge is -2.03. The first-order valence-electron chi connectivity index (χ1n) is 4.76. The van der Waals surface area contributed by atoms with E-state index in [1.54, 1.807) is 17.5 Å². The lowest BCUT2D eigenvalue weighted by atomic mass is 10.3. The highest BCUT2D eigenvalue weighted by Crippen LogP contribution is 2.15. The molecule has 15 heavy (non-hydrogen) atoms. The Morgan fingerprint density at radius 2 is 2.13 bits per heavy atom. The van der Waals surface area contributed by atoms with Gasteiger partial charge >= 0.3 is 0 Å². The zero-order chi connectivity index (χ0) is 11.1. The Bertz CT molecular complexity index is 361. The number of sulfonamides is 1. The van der Waals surface area contributed by atoms with Crippen LogP contribution in [0.3, 0.4) is 0 Å². The molecule has 1 heterocycles. The summed E-state index contributed by atoms with van der Waals surface area (Å²) in [6.45, 7) is 0.521. The molecule has 0 atom stereocenters. The number of nitrogens with one attached hydrogen (secondary N) is 1. The largest absolute Gasteiger partial charge is 0.250 e. The van der Waals surface area contributed by atoms with Crippen LogP contribution in [0.15, 0.2) is 21.7 Å². The van der Waals surface area contributed by atoms with Gasteiger partial charge in [0.2, 0.25) is 10.0 Å². The molecular formula is C9H14BrNO2S2. The second-order valence-electron chi connectivity index (χ2n) is 3.08. The summed E-state index contributed by atoms with van der Waals surface area (Å²) in [6, 6.07) is 3.36. The Kier molecular flexibility index (Phi) is 5.81. The second kappa shape index (κ2) is 6.62. The summed E-state index contributed by atoms with van der Waals surface area (Å²) in [5, 5.41) is 2.74. The average molecular weight is 312 g/mol. The third-order valence-corrected chi connectivity index (χ3v) is 5.28. The van der Waals surface area contributed by atoms with E-state index in [1.807, 2.05) is 0 Å². The van der Waals surface area contributed by atoms with Crippen LogP contribution in [-0.4, -0.2) is 20.3 Å². The zero-order valence-corrected chi connectivity index (χ0v) is 11.5. The summed E-state index contributed by atoms with van der Waals surface area (Å²) in [4.78, 5) is 0. The van der Waals surface area contributed by atoms with Crippen LogP contribution >= 0.6 is 27.3 Å². The Morgan fingerprint density at radius 3 is 2.73 bits per heavy atom. The first-order chi connectivity index (χ1) is 7.17. The minimum absolute atomic E-state index is 0.392. The molecule has 0 amide bonds. The number of halogens is 1. The van der Waals surface area contributed by atoms with Crippen LogP contribution in [0, 0.1) is 0 Å². The standard InChI is InChI=1S/C9H14BrNO2S2/c10-6-2-1-3-7-11-15(12,13)9-5-4-8-14-9/h4-5,8,11H,1-3,6-7H2. The third-order valence-electron chi connectivity index (χ3n) is 1.86. The van der Waals surface area contributed by atoms with Crippen LogP contribution in [0.5, 0.6) is 0 Å². The van der Waals surface area contributed by atoms with Crippen LogP contribution in [-0.2, 0) is 10.0 Å². The number of rotatable bonds is 7. The lowest BCUT2D eigenvalue weighted by molar-refractivity contribution is 0.578. The van der Waals surface area contributed by atoms with E-state index in [-0.39, 0.29) is 0 Å². The highest BCUT2D eigenvalue weighted by Gasteiger charge is 2.13. The van der Waals surface area contributed by atoms with Gasteiger partial charge in [-0.1, -0.05) is 28.4 Å². The first-order valence-corrected chi connectivity index (χ1v) is 8.24. The molecule has 0 bridgehead atoms. The van der Waals surface area contributed by atoms with E-state index in [4.69, 9.17) is 0 Å². The van der Waals surface area contributed by atoms with Crippen molar-refractivity contribution >= 4 is 37.3 Å². The van der Waals surface area contributed by atoms with Crippen LogP contribution in [0.1, 0.15) is 19.3 Å². The molecule has 1 aromatic rings. The van der Waals surface area contributed by atoms with Crippen molar-refractivity contribution in [2.75, 3.05) is 11.9 Å². The molecule has 0 saturated heterocycles. The van der Waals surface area contributed by atoms with Gasteiger partial charge in [0.1, 0.15) is 4.21 Å². The van der Waals surface area contributed by atoms with Crippen LogP contribution in [0.2, 0.25) is 0 Å². The Labute approximate surface area is 103 Å². The minimum atomic E-state index is -3.25. The highest BCUT2D eigenvalue weighted by molar-refractivity contribution is 9.09. The molecule has 0 aliphatic heterocycles. The summed E-state index contributed by atoms with van der Waals surface area (Å²) in [5.74, 6) is 0. The van der Waals surface area contributed by atoms with E-state index in [0.717, 1.165) is 24.6 Å². The molecule has 0 aliphatic rings. The molecular weight excluding hydrogens is 298 g/mol. The van der Waals surface area contributed by atoms with Crippen molar-refractivity contribution in [1.29, 1.82) is 0 Å². The summed E-state index contributed by atoms with van der Waals surface area (Å²) >= 11 is 4.58. The molecule has 1 aromatic heterocycles. The van der Waals surface area contributed by atoms with Crippen LogP contribution < -0.4 is 4.72 Å². The van der Waals surface area contributed by atoms with Crippen molar-refractivity contribution in [1.82, 2.24) is 4.72 Å². The van der Waals surface area contributed by atoms with E-state index < -0.39 is 10.0 Å². The topological polar surface area (TPSA) is 46.2 Å². The molecule has 3 nitrogen and oxygen atoms in total. The molecule has 1 rings (SSSR count). The fourth-order valence-electron chi connectivity index (χ4n) is 1.09. The second-order valence-corrected chi connectivity index (χ2v) is 6.81. The molecule has 0 aromatic carbocycles. The van der Waals surface area contributed by atoms with Gasteiger partial charge in [-0.05, 0) is 24.3 Å². The van der Waals surface area contributed by atoms with Crippen LogP contribution in [0.25, 0.3) is 0 Å². The van der Waals surface area contributed by atoms with Gasteiger partial charge in [-0.25, -0.2) is 13.1 Å². The monoisotopic (exact) mass is 311 g/mol. The van der Waals surface area contributed by atoms with Crippen molar-refractivity contribution in [3.05, 3.63) is 17.5 Å². The maximum Gasteiger partial charge on any atom is 0.250 e. The van der Waals surface area contributed by atoms with Gasteiger partial charge in [0.05, 0.1) is 0 Å². The maximum atomic E-state index is 11.6. The Morgan fingerprint density at radius 1 is 1.33 bits per heavy atom. The smallest absolute Gasteiger partial charge is 0.210 e. The normalized spacial score (nSPS) is 11.8. The van der Waals surface area contributed by atoms with Crippen molar-refractivity contribution in [3.8, 4) is 0 Å². The molecule has 0 radical (unpaired) electrons. The molecule has 0 saturated carbocycles. The van der Waals surface area contributed by atoms with E-state index in [9.17, 15) is 8.42 Å². The van der Waals surface area contributed by atoms with Gasteiger partial charge < -0.3 is 0 Å². The van der Waals surface area contributed by atoms with Crippen LogP contribution in [0.4, 0.5) is 0 Å². The molecule has 86 valence electrons. The molecule has 6 heteroatoms. The van der Waals surface area contributed by atoms with Gasteiger partial charge in [0.15, 0.2) is 0 Å². The number of thiophene rings is 1. The summed E-state index contributed by atoms with van der Waals surface area (Å²) in [5.41, 5.74) is 0. The average Bonchev–Trinajstić information content (AvgIpc) is 2.70. The maximum absolute atomic E-state index is 11.6. The fraction of sp³-hybridized carbons (Fsp3) is 0.556. The van der Waals surface area contributed by atoms with E-state index in [0.29, 0.717) is 10.8 Å². The van der Waals surface area contributed by atoms with Gasteiger partial charge in [0.25, 0.3) is 0 Å². The predicted octanol–water partition coefficient (Wildman–Crippen LogP) is 2.59. The summed E-state index contributed by atoms with van der Waals surface area (Å²) < 4.78 is 26.2. The highest BCUT2D eigenvalue weighted by atomic mass is 79.9. The van der Waals surface area contributed by atoms with Crippen molar-refractivity contribution in [3.63, 3.8) is 0 Å². The molecule has 1 N–H and O–H groups in total. The first kappa shape index (κ1) is 13.2. The van der Waals surface area contributed by atoms with Crippen molar-refractivity contribution in [2.45, 2.75) is 23.5 Å². The van der Waals surface area contributed by atoms with Gasteiger partial charge in [-0.2, -0.15) is 0 Å². The fourth-order valence-corrected chi connectivity index (χ4v) is 3.60. The predicted molar refractivity (Wildman–Crippen MR) is 67.2 cm³/mol. The van der Waals surface area contributed by atoms with E-state index in [1.165, 1.54) is 11.3 Å². The molecule has 0 fully saturated rings. The molecule has 0 aliphatic carbocycles. The van der Waals surface area contributed by atoms with Gasteiger partial charge in [-0.15, -0.1) is 11.3 Å². The molecule has 0 unspecified atom stereocenters. The summed E-state index contributed by atoms with van der Waals surface area (Å²) in [7, 11) is -3.25. The lowest BCUT2D eigenvalue weighted by Crippen LogP contribution is -2.23. The van der Waals surface area contributed by atoms with E-state index in [2.05, 4.69) is 20.7 Å². The van der Waals surface area contributed by atoms with Gasteiger partial charge in [-0.3, -0.25) is 0 Å². The van der Waals surface area contributed by atoms with Gasteiger partial charge in [0, 0.05) is 11.9 Å². The Balaban J connectivity index is 2.32. The van der Waals surface area contributed by atoms with Crippen molar-refractivity contribution in [2.24, 2.45) is 0 Å². The number of alkyl halides is 1. The number of hydrogen-bond acceptors (Lipinski definition) is 3. The van der Waals surface area contributed by atoms with E-state index >= 15 is 0 Å². The van der Waals surface area contributed by atoms with Crippen molar-refractivity contribution < 1.29 is 8.42 Å².